The first-order chi connectivity index (χ1) is 14.9. The molecule has 2 aromatic carbocycles. The molecule has 10 heteroatoms. The van der Waals surface area contributed by atoms with E-state index in [4.69, 9.17) is 16.3 Å². The molecule has 0 unspecified atom stereocenters. The van der Waals surface area contributed by atoms with E-state index in [9.17, 15) is 14.4 Å². The lowest BCUT2D eigenvalue weighted by Crippen LogP contribution is -2.17. The fourth-order valence-corrected chi connectivity index (χ4v) is 3.43. The van der Waals surface area contributed by atoms with Crippen LogP contribution in [0, 0.1) is 0 Å². The van der Waals surface area contributed by atoms with Crippen LogP contribution < -0.4 is 4.80 Å². The molecule has 0 saturated carbocycles. The van der Waals surface area contributed by atoms with E-state index in [0.29, 0.717) is 16.3 Å². The summed E-state index contributed by atoms with van der Waals surface area (Å²) in [5, 5.41) is 5.03. The summed E-state index contributed by atoms with van der Waals surface area (Å²) in [4.78, 5) is 41.1. The van der Waals surface area contributed by atoms with E-state index in [1.807, 2.05) is 0 Å². The monoisotopic (exact) mass is 457 g/mol. The second-order valence-electron chi connectivity index (χ2n) is 5.93. The third kappa shape index (κ3) is 5.33. The summed E-state index contributed by atoms with van der Waals surface area (Å²) in [6.07, 6.45) is 0.899. The number of halogens is 1. The fraction of sp³-hybridized carbons (Fsp3) is 0.0952. The number of carbonyl (C=O) groups is 3. The highest BCUT2D eigenvalue weighted by atomic mass is 35.5. The highest BCUT2D eigenvalue weighted by Crippen LogP contribution is 2.15. The fourth-order valence-electron chi connectivity index (χ4n) is 2.42. The molecule has 0 aliphatic heterocycles. The van der Waals surface area contributed by atoms with Crippen molar-refractivity contribution in [2.24, 2.45) is 4.99 Å². The Kier molecular flexibility index (Phi) is 7.11. The number of methoxy groups -OCH3 is 2. The van der Waals surface area contributed by atoms with E-state index >= 15 is 0 Å². The Bertz CT molecular complexity index is 1210. The van der Waals surface area contributed by atoms with Crippen LogP contribution in [0.4, 0.5) is 0 Å². The van der Waals surface area contributed by atoms with E-state index in [1.165, 1.54) is 11.8 Å². The first-order valence-electron chi connectivity index (χ1n) is 8.81. The van der Waals surface area contributed by atoms with Gasteiger partial charge in [0.1, 0.15) is 0 Å². The zero-order valence-corrected chi connectivity index (χ0v) is 18.0. The summed E-state index contributed by atoms with van der Waals surface area (Å²) in [7, 11) is 2.33. The number of hydrogen-bond acceptors (Lipinski definition) is 8. The van der Waals surface area contributed by atoms with Crippen molar-refractivity contribution >= 4 is 40.7 Å². The molecule has 158 valence electrons. The van der Waals surface area contributed by atoms with Crippen molar-refractivity contribution in [3.8, 4) is 5.69 Å². The first-order valence-corrected chi connectivity index (χ1v) is 10.0. The molecule has 0 radical (unpaired) electrons. The third-order valence-electron chi connectivity index (χ3n) is 3.93. The molecular weight excluding hydrogens is 442 g/mol. The minimum absolute atomic E-state index is 0.141. The van der Waals surface area contributed by atoms with Gasteiger partial charge in [0.2, 0.25) is 10.6 Å². The maximum absolute atomic E-state index is 12.9. The number of hydrogen-bond donors (Lipinski definition) is 0. The van der Waals surface area contributed by atoms with Gasteiger partial charge in [-0.3, -0.25) is 4.79 Å². The number of nitrogens with zero attached hydrogens (tertiary/aromatic N) is 3. The molecule has 0 atom stereocenters. The van der Waals surface area contributed by atoms with E-state index in [1.54, 1.807) is 54.6 Å². The second kappa shape index (κ2) is 9.96. The van der Waals surface area contributed by atoms with Gasteiger partial charge in [0.25, 0.3) is 0 Å². The molecular formula is C21H16ClN3O5S. The van der Waals surface area contributed by atoms with Gasteiger partial charge >= 0.3 is 11.9 Å². The van der Waals surface area contributed by atoms with E-state index in [2.05, 4.69) is 14.8 Å². The summed E-state index contributed by atoms with van der Waals surface area (Å²) in [5.74, 6) is -1.95. The SMILES string of the molecule is COC(=O)C=C(N=c1sc(C(=O)c2ccccc2)nn1-c1ccc(Cl)cc1)C(=O)OC. The molecule has 0 fully saturated rings. The van der Waals surface area contributed by atoms with Crippen molar-refractivity contribution in [1.82, 2.24) is 9.78 Å². The largest absolute Gasteiger partial charge is 0.466 e. The molecule has 1 heterocycles. The molecule has 0 N–H and O–H groups in total. The van der Waals surface area contributed by atoms with Crippen molar-refractivity contribution in [1.29, 1.82) is 0 Å². The van der Waals surface area contributed by atoms with Gasteiger partial charge < -0.3 is 9.47 Å². The Morgan fingerprint density at radius 1 is 1.03 bits per heavy atom. The van der Waals surface area contributed by atoms with Gasteiger partial charge in [-0.2, -0.15) is 5.10 Å². The third-order valence-corrected chi connectivity index (χ3v) is 5.09. The van der Waals surface area contributed by atoms with Gasteiger partial charge in [-0.15, -0.1) is 0 Å². The summed E-state index contributed by atoms with van der Waals surface area (Å²) in [6, 6.07) is 15.3. The van der Waals surface area contributed by atoms with Crippen LogP contribution in [0.1, 0.15) is 15.4 Å². The van der Waals surface area contributed by atoms with Crippen LogP contribution in [-0.4, -0.2) is 41.7 Å². The Hall–Kier alpha value is -3.56. The predicted octanol–water partition coefficient (Wildman–Crippen LogP) is 2.95. The van der Waals surface area contributed by atoms with Gasteiger partial charge in [0.15, 0.2) is 10.7 Å². The number of aromatic nitrogens is 2. The number of carbonyl (C=O) groups excluding carboxylic acids is 3. The maximum atomic E-state index is 12.9. The van der Waals surface area contributed by atoms with Crippen LogP contribution in [0.2, 0.25) is 5.02 Å². The molecule has 0 aliphatic rings. The lowest BCUT2D eigenvalue weighted by atomic mass is 10.1. The molecule has 3 aromatic rings. The Labute approximate surface area is 186 Å². The van der Waals surface area contributed by atoms with Crippen molar-refractivity contribution in [2.75, 3.05) is 14.2 Å². The van der Waals surface area contributed by atoms with Crippen LogP contribution in [0.5, 0.6) is 0 Å². The number of esters is 2. The molecule has 0 bridgehead atoms. The van der Waals surface area contributed by atoms with Crippen LogP contribution in [-0.2, 0) is 19.1 Å². The van der Waals surface area contributed by atoms with Crippen molar-refractivity contribution in [3.63, 3.8) is 0 Å². The Balaban J connectivity index is 2.20. The highest BCUT2D eigenvalue weighted by molar-refractivity contribution is 7.11. The smallest absolute Gasteiger partial charge is 0.357 e. The minimum Gasteiger partial charge on any atom is -0.466 e. The molecule has 1 aromatic heterocycles. The van der Waals surface area contributed by atoms with Gasteiger partial charge in [0, 0.05) is 10.6 Å². The lowest BCUT2D eigenvalue weighted by molar-refractivity contribution is -0.138. The summed E-state index contributed by atoms with van der Waals surface area (Å²) in [5.41, 5.74) is 0.692. The average Bonchev–Trinajstić information content (AvgIpc) is 3.22. The zero-order valence-electron chi connectivity index (χ0n) is 16.4. The topological polar surface area (TPSA) is 99.9 Å². The quantitative estimate of drug-likeness (QED) is 0.320. The first kappa shape index (κ1) is 22.1. The number of ketones is 1. The van der Waals surface area contributed by atoms with Crippen molar-refractivity contribution in [3.05, 3.63) is 86.8 Å². The zero-order chi connectivity index (χ0) is 22.4. The van der Waals surface area contributed by atoms with Gasteiger partial charge in [-0.05, 0) is 24.3 Å². The highest BCUT2D eigenvalue weighted by Gasteiger charge is 2.18. The van der Waals surface area contributed by atoms with Gasteiger partial charge in [0.05, 0.1) is 26.0 Å². The lowest BCUT2D eigenvalue weighted by Gasteiger charge is -2.02. The molecule has 3 rings (SSSR count). The normalized spacial score (nSPS) is 11.8. The van der Waals surface area contributed by atoms with Gasteiger partial charge in [-0.1, -0.05) is 53.3 Å². The maximum Gasteiger partial charge on any atom is 0.357 e. The number of ether oxygens (including phenoxy) is 2. The molecule has 8 nitrogen and oxygen atoms in total. The number of benzene rings is 2. The van der Waals surface area contributed by atoms with Crippen molar-refractivity contribution in [2.45, 2.75) is 0 Å². The predicted molar refractivity (Wildman–Crippen MR) is 114 cm³/mol. The van der Waals surface area contributed by atoms with Crippen LogP contribution in [0.15, 0.2) is 71.4 Å². The van der Waals surface area contributed by atoms with Crippen LogP contribution >= 0.6 is 22.9 Å². The summed E-state index contributed by atoms with van der Waals surface area (Å²) >= 11 is 6.92. The summed E-state index contributed by atoms with van der Waals surface area (Å²) in [6.45, 7) is 0. The molecule has 0 spiro atoms. The molecule has 0 amide bonds. The molecule has 31 heavy (non-hydrogen) atoms. The Morgan fingerprint density at radius 2 is 1.71 bits per heavy atom. The second-order valence-corrected chi connectivity index (χ2v) is 7.32. The van der Waals surface area contributed by atoms with Gasteiger partial charge in [-0.25, -0.2) is 19.3 Å². The average molecular weight is 458 g/mol. The Morgan fingerprint density at radius 3 is 2.32 bits per heavy atom. The summed E-state index contributed by atoms with van der Waals surface area (Å²) < 4.78 is 10.6. The van der Waals surface area contributed by atoms with E-state index in [0.717, 1.165) is 24.5 Å². The standard InChI is InChI=1S/C21H16ClN3O5S/c1-29-17(26)12-16(20(28)30-2)23-21-25(15-10-8-14(22)9-11-15)24-19(31-21)18(27)13-6-4-3-5-7-13/h3-12H,1-2H3. The minimum atomic E-state index is -0.850. The number of rotatable bonds is 6. The van der Waals surface area contributed by atoms with E-state index in [-0.39, 0.29) is 21.3 Å². The van der Waals surface area contributed by atoms with Crippen molar-refractivity contribution < 1.29 is 23.9 Å². The molecule has 0 saturated heterocycles. The molecule has 0 aliphatic carbocycles. The van der Waals surface area contributed by atoms with Crippen LogP contribution in [0.25, 0.3) is 5.69 Å². The van der Waals surface area contributed by atoms with Crippen LogP contribution in [0.3, 0.4) is 0 Å². The van der Waals surface area contributed by atoms with E-state index < -0.39 is 11.9 Å².